The summed E-state index contributed by atoms with van der Waals surface area (Å²) in [5, 5.41) is 2.05. The summed E-state index contributed by atoms with van der Waals surface area (Å²) in [4.78, 5) is 15.4. The van der Waals surface area contributed by atoms with Crippen molar-refractivity contribution in [3.05, 3.63) is 56.7 Å². The Balaban J connectivity index is 1.97. The lowest BCUT2D eigenvalue weighted by Gasteiger charge is -2.15. The summed E-state index contributed by atoms with van der Waals surface area (Å²) in [6, 6.07) is 11.7. The first-order chi connectivity index (χ1) is 8.66. The quantitative estimate of drug-likeness (QED) is 0.779. The molecule has 1 heterocycles. The molecule has 0 saturated carbocycles. The number of carbonyl (C=O) groups is 1. The molecule has 0 spiro atoms. The van der Waals surface area contributed by atoms with Crippen LogP contribution in [0.2, 0.25) is 0 Å². The first kappa shape index (κ1) is 13.5. The second-order valence-electron chi connectivity index (χ2n) is 4.15. The molecule has 1 aromatic heterocycles. The molecule has 0 saturated heterocycles. The highest BCUT2D eigenvalue weighted by atomic mass is 79.9. The molecule has 2 rings (SSSR count). The van der Waals surface area contributed by atoms with Crippen molar-refractivity contribution in [1.29, 1.82) is 0 Å². The van der Waals surface area contributed by atoms with Crippen molar-refractivity contribution in [3.8, 4) is 0 Å². The fourth-order valence-corrected chi connectivity index (χ4v) is 3.03. The number of ketones is 1. The lowest BCUT2D eigenvalue weighted by atomic mass is 10.1. The molecule has 0 atom stereocenters. The summed E-state index contributed by atoms with van der Waals surface area (Å²) < 4.78 is 0.861. The Bertz CT molecular complexity index is 524. The SMILES string of the molecule is CN(CC(=O)c1ccccc1Br)Cc1cccs1. The van der Waals surface area contributed by atoms with Crippen LogP contribution in [0.3, 0.4) is 0 Å². The van der Waals surface area contributed by atoms with E-state index in [1.165, 1.54) is 4.88 Å². The topological polar surface area (TPSA) is 20.3 Å². The Morgan fingerprint density at radius 3 is 2.72 bits per heavy atom. The molecule has 0 fully saturated rings. The van der Waals surface area contributed by atoms with E-state index < -0.39 is 0 Å². The van der Waals surface area contributed by atoms with Gasteiger partial charge in [0.05, 0.1) is 6.54 Å². The Kier molecular flexibility index (Phi) is 4.69. The predicted octanol–water partition coefficient (Wildman–Crippen LogP) is 3.83. The van der Waals surface area contributed by atoms with Crippen LogP contribution in [0.1, 0.15) is 15.2 Å². The number of halogens is 1. The number of Topliss-reactive ketones (excluding diaryl/α,β-unsaturated/α-hetero) is 1. The highest BCUT2D eigenvalue weighted by Gasteiger charge is 2.12. The molecule has 0 aliphatic heterocycles. The van der Waals surface area contributed by atoms with Crippen LogP contribution in [0, 0.1) is 0 Å². The number of likely N-dealkylation sites (N-methyl/N-ethyl adjacent to an activating group) is 1. The predicted molar refractivity (Wildman–Crippen MR) is 79.1 cm³/mol. The van der Waals surface area contributed by atoms with Crippen LogP contribution >= 0.6 is 27.3 Å². The molecule has 2 aromatic rings. The number of nitrogens with zero attached hydrogens (tertiary/aromatic N) is 1. The molecule has 18 heavy (non-hydrogen) atoms. The van der Waals surface area contributed by atoms with Crippen molar-refractivity contribution in [3.63, 3.8) is 0 Å². The van der Waals surface area contributed by atoms with Crippen molar-refractivity contribution in [2.75, 3.05) is 13.6 Å². The zero-order valence-electron chi connectivity index (χ0n) is 10.1. The van der Waals surface area contributed by atoms with Gasteiger partial charge in [-0.2, -0.15) is 0 Å². The van der Waals surface area contributed by atoms with Gasteiger partial charge in [0.15, 0.2) is 5.78 Å². The van der Waals surface area contributed by atoms with Crippen LogP contribution in [0.15, 0.2) is 46.3 Å². The van der Waals surface area contributed by atoms with Crippen LogP contribution in [-0.4, -0.2) is 24.3 Å². The molecule has 1 aromatic carbocycles. The number of hydrogen-bond donors (Lipinski definition) is 0. The van der Waals surface area contributed by atoms with E-state index >= 15 is 0 Å². The Labute approximate surface area is 119 Å². The summed E-state index contributed by atoms with van der Waals surface area (Å²) in [5.74, 6) is 0.140. The monoisotopic (exact) mass is 323 g/mol. The van der Waals surface area contributed by atoms with E-state index in [4.69, 9.17) is 0 Å². The van der Waals surface area contributed by atoms with E-state index in [0.29, 0.717) is 6.54 Å². The molecule has 2 nitrogen and oxygen atoms in total. The van der Waals surface area contributed by atoms with Gasteiger partial charge in [0.1, 0.15) is 0 Å². The van der Waals surface area contributed by atoms with Crippen molar-refractivity contribution >= 4 is 33.0 Å². The van der Waals surface area contributed by atoms with E-state index in [1.54, 1.807) is 11.3 Å². The molecule has 4 heteroatoms. The van der Waals surface area contributed by atoms with Crippen molar-refractivity contribution in [2.45, 2.75) is 6.54 Å². The first-order valence-corrected chi connectivity index (χ1v) is 7.33. The molecule has 0 radical (unpaired) electrons. The van der Waals surface area contributed by atoms with Crippen LogP contribution < -0.4 is 0 Å². The second-order valence-corrected chi connectivity index (χ2v) is 6.04. The average molecular weight is 324 g/mol. The highest BCUT2D eigenvalue weighted by Crippen LogP contribution is 2.17. The number of benzene rings is 1. The molecular weight excluding hydrogens is 310 g/mol. The van der Waals surface area contributed by atoms with E-state index in [2.05, 4.69) is 27.4 Å². The Morgan fingerprint density at radius 1 is 1.28 bits per heavy atom. The van der Waals surface area contributed by atoms with E-state index in [9.17, 15) is 4.79 Å². The van der Waals surface area contributed by atoms with Gasteiger partial charge >= 0.3 is 0 Å². The molecular formula is C14H14BrNOS. The second kappa shape index (κ2) is 6.27. The number of carbonyl (C=O) groups excluding carboxylic acids is 1. The maximum Gasteiger partial charge on any atom is 0.177 e. The summed E-state index contributed by atoms with van der Waals surface area (Å²) in [7, 11) is 1.97. The highest BCUT2D eigenvalue weighted by molar-refractivity contribution is 9.10. The molecule has 0 aliphatic rings. The van der Waals surface area contributed by atoms with Gasteiger partial charge in [-0.15, -0.1) is 11.3 Å². The number of rotatable bonds is 5. The molecule has 0 amide bonds. The van der Waals surface area contributed by atoms with Crippen molar-refractivity contribution in [2.24, 2.45) is 0 Å². The fourth-order valence-electron chi connectivity index (χ4n) is 1.74. The third-order valence-corrected chi connectivity index (χ3v) is 4.15. The van der Waals surface area contributed by atoms with Gasteiger partial charge in [0.2, 0.25) is 0 Å². The smallest absolute Gasteiger partial charge is 0.177 e. The van der Waals surface area contributed by atoms with E-state index in [-0.39, 0.29) is 5.78 Å². The standard InChI is InChI=1S/C14H14BrNOS/c1-16(9-11-5-4-8-18-11)10-14(17)12-6-2-3-7-13(12)15/h2-8H,9-10H2,1H3. The first-order valence-electron chi connectivity index (χ1n) is 5.65. The lowest BCUT2D eigenvalue weighted by molar-refractivity contribution is 0.0943. The maximum absolute atomic E-state index is 12.1. The minimum absolute atomic E-state index is 0.140. The van der Waals surface area contributed by atoms with Crippen LogP contribution in [0.4, 0.5) is 0 Å². The third-order valence-electron chi connectivity index (χ3n) is 2.59. The number of hydrogen-bond acceptors (Lipinski definition) is 3. The van der Waals surface area contributed by atoms with Gasteiger partial charge < -0.3 is 0 Å². The normalized spacial score (nSPS) is 10.8. The molecule has 0 unspecified atom stereocenters. The zero-order chi connectivity index (χ0) is 13.0. The number of thiophene rings is 1. The summed E-state index contributed by atoms with van der Waals surface area (Å²) >= 11 is 5.13. The molecule has 0 aliphatic carbocycles. The summed E-state index contributed by atoms with van der Waals surface area (Å²) in [6.45, 7) is 1.24. The Morgan fingerprint density at radius 2 is 2.06 bits per heavy atom. The maximum atomic E-state index is 12.1. The summed E-state index contributed by atoms with van der Waals surface area (Å²) in [5.41, 5.74) is 0.746. The van der Waals surface area contributed by atoms with Gasteiger partial charge in [-0.05, 0) is 24.6 Å². The molecule has 0 bridgehead atoms. The third kappa shape index (κ3) is 3.51. The zero-order valence-corrected chi connectivity index (χ0v) is 12.5. The van der Waals surface area contributed by atoms with Gasteiger partial charge in [-0.1, -0.05) is 40.2 Å². The van der Waals surface area contributed by atoms with Gasteiger partial charge in [0, 0.05) is 21.5 Å². The largest absolute Gasteiger partial charge is 0.294 e. The van der Waals surface area contributed by atoms with Gasteiger partial charge in [-0.25, -0.2) is 0 Å². The summed E-state index contributed by atoms with van der Waals surface area (Å²) in [6.07, 6.45) is 0. The minimum atomic E-state index is 0.140. The van der Waals surface area contributed by atoms with Crippen LogP contribution in [-0.2, 0) is 6.54 Å². The van der Waals surface area contributed by atoms with E-state index in [1.807, 2.05) is 42.3 Å². The van der Waals surface area contributed by atoms with Crippen molar-refractivity contribution in [1.82, 2.24) is 4.90 Å². The molecule has 94 valence electrons. The fraction of sp³-hybridized carbons (Fsp3) is 0.214. The van der Waals surface area contributed by atoms with Gasteiger partial charge in [0.25, 0.3) is 0 Å². The Hall–Kier alpha value is -0.970. The van der Waals surface area contributed by atoms with Crippen LogP contribution in [0.5, 0.6) is 0 Å². The van der Waals surface area contributed by atoms with Crippen molar-refractivity contribution < 1.29 is 4.79 Å². The minimum Gasteiger partial charge on any atom is -0.294 e. The molecule has 0 N–H and O–H groups in total. The average Bonchev–Trinajstić information content (AvgIpc) is 2.82. The van der Waals surface area contributed by atoms with E-state index in [0.717, 1.165) is 16.6 Å². The lowest BCUT2D eigenvalue weighted by Crippen LogP contribution is -2.25. The van der Waals surface area contributed by atoms with Gasteiger partial charge in [-0.3, -0.25) is 9.69 Å². The van der Waals surface area contributed by atoms with Crippen LogP contribution in [0.25, 0.3) is 0 Å².